The van der Waals surface area contributed by atoms with Gasteiger partial charge in [-0.1, -0.05) is 5.57 Å². The third-order valence-electron chi connectivity index (χ3n) is 2.33. The molecule has 0 aliphatic heterocycles. The van der Waals surface area contributed by atoms with E-state index in [2.05, 4.69) is 16.2 Å². The number of nitrogens with zero attached hydrogens (tertiary/aromatic N) is 1. The third kappa shape index (κ3) is 8.44. The summed E-state index contributed by atoms with van der Waals surface area (Å²) in [4.78, 5) is 13.2. The van der Waals surface area contributed by atoms with Crippen LogP contribution in [0.2, 0.25) is 0 Å². The van der Waals surface area contributed by atoms with Gasteiger partial charge in [-0.3, -0.25) is 4.79 Å². The predicted octanol–water partition coefficient (Wildman–Crippen LogP) is 1.46. The average Bonchev–Trinajstić information content (AvgIpc) is 2.27. The summed E-state index contributed by atoms with van der Waals surface area (Å²) in [6.07, 6.45) is 1.38. The molecule has 0 rings (SSSR count). The molecule has 16 heavy (non-hydrogen) atoms. The Hall–Kier alpha value is -0.870. The van der Waals surface area contributed by atoms with Crippen LogP contribution in [-0.2, 0) is 14.3 Å². The lowest BCUT2D eigenvalue weighted by Crippen LogP contribution is -2.31. The summed E-state index contributed by atoms with van der Waals surface area (Å²) in [5.74, 6) is -0.169. The SMILES string of the molecule is C=C(C)CCN(CCOC)CCC(=O)OC. The van der Waals surface area contributed by atoms with Crippen molar-refractivity contribution in [2.45, 2.75) is 19.8 Å². The lowest BCUT2D eigenvalue weighted by Gasteiger charge is -2.21. The molecule has 0 atom stereocenters. The fourth-order valence-electron chi connectivity index (χ4n) is 1.26. The van der Waals surface area contributed by atoms with Crippen molar-refractivity contribution in [3.8, 4) is 0 Å². The first-order chi connectivity index (χ1) is 7.60. The maximum atomic E-state index is 11.0. The molecule has 0 saturated heterocycles. The number of esters is 1. The molecule has 4 heteroatoms. The van der Waals surface area contributed by atoms with Crippen molar-refractivity contribution in [2.24, 2.45) is 0 Å². The highest BCUT2D eigenvalue weighted by Gasteiger charge is 2.08. The van der Waals surface area contributed by atoms with Crippen LogP contribution in [0.5, 0.6) is 0 Å². The van der Waals surface area contributed by atoms with Gasteiger partial charge in [0.2, 0.25) is 0 Å². The highest BCUT2D eigenvalue weighted by atomic mass is 16.5. The first kappa shape index (κ1) is 15.1. The maximum absolute atomic E-state index is 11.0. The summed E-state index contributed by atoms with van der Waals surface area (Å²) in [7, 11) is 3.09. The Labute approximate surface area is 98.2 Å². The summed E-state index contributed by atoms with van der Waals surface area (Å²) in [5.41, 5.74) is 1.15. The molecule has 0 aromatic carbocycles. The molecule has 0 aromatic heterocycles. The van der Waals surface area contributed by atoms with Gasteiger partial charge in [-0.05, 0) is 13.3 Å². The predicted molar refractivity (Wildman–Crippen MR) is 64.4 cm³/mol. The van der Waals surface area contributed by atoms with E-state index >= 15 is 0 Å². The highest BCUT2D eigenvalue weighted by molar-refractivity contribution is 5.69. The minimum atomic E-state index is -0.169. The second-order valence-corrected chi connectivity index (χ2v) is 3.87. The van der Waals surface area contributed by atoms with Gasteiger partial charge in [0.25, 0.3) is 0 Å². The Morgan fingerprint density at radius 3 is 2.31 bits per heavy atom. The normalized spacial score (nSPS) is 10.5. The van der Waals surface area contributed by atoms with E-state index in [4.69, 9.17) is 4.74 Å². The minimum Gasteiger partial charge on any atom is -0.469 e. The monoisotopic (exact) mass is 229 g/mol. The van der Waals surface area contributed by atoms with Gasteiger partial charge in [0.15, 0.2) is 0 Å². The third-order valence-corrected chi connectivity index (χ3v) is 2.33. The Kier molecular flexibility index (Phi) is 8.85. The quantitative estimate of drug-likeness (QED) is 0.443. The van der Waals surface area contributed by atoms with Gasteiger partial charge in [0, 0.05) is 26.7 Å². The van der Waals surface area contributed by atoms with Crippen LogP contribution in [0.4, 0.5) is 0 Å². The highest BCUT2D eigenvalue weighted by Crippen LogP contribution is 2.01. The molecule has 4 nitrogen and oxygen atoms in total. The molecule has 0 amide bonds. The van der Waals surface area contributed by atoms with Crippen molar-refractivity contribution >= 4 is 5.97 Å². The molecule has 0 bridgehead atoms. The zero-order valence-electron chi connectivity index (χ0n) is 10.6. The number of carbonyl (C=O) groups is 1. The van der Waals surface area contributed by atoms with Gasteiger partial charge < -0.3 is 14.4 Å². The van der Waals surface area contributed by atoms with Crippen LogP contribution < -0.4 is 0 Å². The van der Waals surface area contributed by atoms with Gasteiger partial charge in [-0.15, -0.1) is 6.58 Å². The van der Waals surface area contributed by atoms with Gasteiger partial charge in [0.1, 0.15) is 0 Å². The Balaban J connectivity index is 3.88. The first-order valence-corrected chi connectivity index (χ1v) is 5.52. The zero-order chi connectivity index (χ0) is 12.4. The molecule has 0 fully saturated rings. The molecule has 0 N–H and O–H groups in total. The van der Waals surface area contributed by atoms with Gasteiger partial charge in [-0.2, -0.15) is 0 Å². The van der Waals surface area contributed by atoms with E-state index in [0.717, 1.165) is 25.1 Å². The van der Waals surface area contributed by atoms with E-state index in [1.165, 1.54) is 7.11 Å². The Morgan fingerprint density at radius 2 is 1.81 bits per heavy atom. The van der Waals surface area contributed by atoms with E-state index in [1.807, 2.05) is 6.92 Å². The fraction of sp³-hybridized carbons (Fsp3) is 0.750. The van der Waals surface area contributed by atoms with Crippen LogP contribution in [0.15, 0.2) is 12.2 Å². The number of carbonyl (C=O) groups excluding carboxylic acids is 1. The largest absolute Gasteiger partial charge is 0.469 e. The summed E-state index contributed by atoms with van der Waals surface area (Å²) in [6.45, 7) is 9.01. The van der Waals surface area contributed by atoms with Crippen molar-refractivity contribution in [3.05, 3.63) is 12.2 Å². The van der Waals surface area contributed by atoms with Crippen LogP contribution in [0.3, 0.4) is 0 Å². The van der Waals surface area contributed by atoms with E-state index in [1.54, 1.807) is 7.11 Å². The number of ether oxygens (including phenoxy) is 2. The fourth-order valence-corrected chi connectivity index (χ4v) is 1.26. The Bertz CT molecular complexity index is 216. The lowest BCUT2D eigenvalue weighted by molar-refractivity contribution is -0.141. The van der Waals surface area contributed by atoms with Gasteiger partial charge in [-0.25, -0.2) is 0 Å². The summed E-state index contributed by atoms with van der Waals surface area (Å²) in [6, 6.07) is 0. The van der Waals surface area contributed by atoms with Crippen molar-refractivity contribution in [1.29, 1.82) is 0 Å². The molecule has 0 heterocycles. The van der Waals surface area contributed by atoms with Crippen LogP contribution in [-0.4, -0.2) is 51.3 Å². The van der Waals surface area contributed by atoms with E-state index in [-0.39, 0.29) is 5.97 Å². The molecule has 0 aliphatic carbocycles. The van der Waals surface area contributed by atoms with E-state index in [0.29, 0.717) is 19.6 Å². The molecular weight excluding hydrogens is 206 g/mol. The van der Waals surface area contributed by atoms with E-state index in [9.17, 15) is 4.79 Å². The van der Waals surface area contributed by atoms with Crippen LogP contribution in [0, 0.1) is 0 Å². The topological polar surface area (TPSA) is 38.8 Å². The molecule has 0 saturated carbocycles. The average molecular weight is 229 g/mol. The summed E-state index contributed by atoms with van der Waals surface area (Å²) >= 11 is 0. The number of rotatable bonds is 9. The molecule has 0 aromatic rings. The molecule has 94 valence electrons. The van der Waals surface area contributed by atoms with E-state index < -0.39 is 0 Å². The number of hydrogen-bond donors (Lipinski definition) is 0. The molecule has 0 radical (unpaired) electrons. The number of methoxy groups -OCH3 is 2. The molecule has 0 spiro atoms. The molecular formula is C12H23NO3. The molecule has 0 aliphatic rings. The van der Waals surface area contributed by atoms with Crippen LogP contribution in [0.1, 0.15) is 19.8 Å². The number of hydrogen-bond acceptors (Lipinski definition) is 4. The van der Waals surface area contributed by atoms with Crippen molar-refractivity contribution in [3.63, 3.8) is 0 Å². The van der Waals surface area contributed by atoms with Crippen LogP contribution in [0.25, 0.3) is 0 Å². The lowest BCUT2D eigenvalue weighted by atomic mass is 10.2. The van der Waals surface area contributed by atoms with Crippen molar-refractivity contribution < 1.29 is 14.3 Å². The standard InChI is InChI=1S/C12H23NO3/c1-11(2)5-7-13(9-10-15-3)8-6-12(14)16-4/h1,5-10H2,2-4H3. The van der Waals surface area contributed by atoms with Gasteiger partial charge >= 0.3 is 5.97 Å². The first-order valence-electron chi connectivity index (χ1n) is 5.52. The molecule has 0 unspecified atom stereocenters. The summed E-state index contributed by atoms with van der Waals surface area (Å²) < 4.78 is 9.65. The zero-order valence-corrected chi connectivity index (χ0v) is 10.6. The Morgan fingerprint density at radius 1 is 1.19 bits per heavy atom. The van der Waals surface area contributed by atoms with Crippen molar-refractivity contribution in [1.82, 2.24) is 4.90 Å². The van der Waals surface area contributed by atoms with Crippen LogP contribution >= 0.6 is 0 Å². The van der Waals surface area contributed by atoms with Crippen molar-refractivity contribution in [2.75, 3.05) is 40.5 Å². The minimum absolute atomic E-state index is 0.169. The summed E-state index contributed by atoms with van der Waals surface area (Å²) in [5, 5.41) is 0. The van der Waals surface area contributed by atoms with Gasteiger partial charge in [0.05, 0.1) is 20.1 Å². The second-order valence-electron chi connectivity index (χ2n) is 3.87. The maximum Gasteiger partial charge on any atom is 0.306 e. The second kappa shape index (κ2) is 9.36. The smallest absolute Gasteiger partial charge is 0.306 e.